The molecule has 0 saturated heterocycles. The fraction of sp³-hybridized carbons (Fsp3) is 0.222. The van der Waals surface area contributed by atoms with Gasteiger partial charge in [-0.3, -0.25) is 4.99 Å². The molecule has 0 radical (unpaired) electrons. The van der Waals surface area contributed by atoms with Gasteiger partial charge in [-0.25, -0.2) is 0 Å². The average Bonchev–Trinajstić information content (AvgIpc) is 2.17. The maximum atomic E-state index is 11.6. The largest absolute Gasteiger partial charge is 0.508 e. The molecule has 0 heterocycles. The number of phenolic OH excluding ortho intramolecular Hbond substituents is 1. The highest BCUT2D eigenvalue weighted by atomic mass is 19.2. The third-order valence-corrected chi connectivity index (χ3v) is 1.69. The van der Waals surface area contributed by atoms with Crippen molar-refractivity contribution in [2.24, 2.45) is 10.7 Å². The van der Waals surface area contributed by atoms with E-state index >= 15 is 0 Å². The second-order valence-corrected chi connectivity index (χ2v) is 2.78. The van der Waals surface area contributed by atoms with Gasteiger partial charge >= 0.3 is 0 Å². The van der Waals surface area contributed by atoms with Gasteiger partial charge in [-0.1, -0.05) is 12.1 Å². The molecule has 5 heteroatoms. The topological polar surface area (TPSA) is 70.6 Å². The molecule has 0 aliphatic carbocycles. The monoisotopic (exact) mass is 197 g/mol. The second-order valence-electron chi connectivity index (χ2n) is 2.78. The molecule has 0 atom stereocenters. The number of benzene rings is 1. The van der Waals surface area contributed by atoms with Crippen molar-refractivity contribution < 1.29 is 9.59 Å². The van der Waals surface area contributed by atoms with Gasteiger partial charge in [0, 0.05) is 6.54 Å². The van der Waals surface area contributed by atoms with E-state index in [2.05, 4.69) is 4.99 Å². The van der Waals surface area contributed by atoms with E-state index in [1.54, 1.807) is 18.2 Å². The van der Waals surface area contributed by atoms with E-state index in [0.717, 1.165) is 5.56 Å². The average molecular weight is 197 g/mol. The second kappa shape index (κ2) is 5.06. The first kappa shape index (κ1) is 10.3. The van der Waals surface area contributed by atoms with E-state index in [1.165, 1.54) is 5.54 Å². The molecule has 0 spiro atoms. The van der Waals surface area contributed by atoms with Gasteiger partial charge < -0.3 is 10.8 Å². The van der Waals surface area contributed by atoms with Crippen LogP contribution in [-0.2, 0) is 6.42 Å². The van der Waals surface area contributed by atoms with Crippen LogP contribution < -0.4 is 11.3 Å². The molecule has 0 unspecified atom stereocenters. The maximum Gasteiger partial charge on any atom is 0.217 e. The van der Waals surface area contributed by atoms with Gasteiger partial charge in [0.2, 0.25) is 5.96 Å². The predicted octanol–water partition coefficient (Wildman–Crippen LogP) is 0.723. The van der Waals surface area contributed by atoms with Gasteiger partial charge in [0.05, 0.1) is 0 Å². The lowest BCUT2D eigenvalue weighted by Gasteiger charge is -1.99. The van der Waals surface area contributed by atoms with Gasteiger partial charge in [0.25, 0.3) is 0 Å². The van der Waals surface area contributed by atoms with E-state index < -0.39 is 0 Å². The first-order chi connectivity index (χ1) is 6.72. The van der Waals surface area contributed by atoms with Crippen LogP contribution in [0.1, 0.15) is 5.56 Å². The van der Waals surface area contributed by atoms with Crippen LogP contribution in [0.25, 0.3) is 0 Å². The molecule has 0 aliphatic rings. The number of hydrogen-bond acceptors (Lipinski definition) is 2. The van der Waals surface area contributed by atoms with E-state index in [1.807, 2.05) is 6.07 Å². The fourth-order valence-electron chi connectivity index (χ4n) is 1.05. The highest BCUT2D eigenvalue weighted by molar-refractivity contribution is 5.76. The highest BCUT2D eigenvalue weighted by Crippen LogP contribution is 2.10. The molecule has 0 saturated carbocycles. The fourth-order valence-corrected chi connectivity index (χ4v) is 1.05. The Labute approximate surface area is 81.2 Å². The van der Waals surface area contributed by atoms with Crippen molar-refractivity contribution in [1.82, 2.24) is 5.54 Å². The number of aliphatic imine (C=N–C) groups is 1. The molecule has 1 aromatic carbocycles. The van der Waals surface area contributed by atoms with Gasteiger partial charge in [-0.15, -0.1) is 4.48 Å². The molecule has 0 bridgehead atoms. The van der Waals surface area contributed by atoms with Crippen molar-refractivity contribution in [1.29, 1.82) is 0 Å². The third-order valence-electron chi connectivity index (χ3n) is 1.69. The van der Waals surface area contributed by atoms with Crippen molar-refractivity contribution in [2.75, 3.05) is 6.54 Å². The van der Waals surface area contributed by atoms with E-state index in [9.17, 15) is 4.48 Å². The predicted molar refractivity (Wildman–Crippen MR) is 52.5 cm³/mol. The number of hydrogen-bond donors (Lipinski definition) is 3. The van der Waals surface area contributed by atoms with Crippen molar-refractivity contribution in [3.63, 3.8) is 0 Å². The Morgan fingerprint density at radius 1 is 1.57 bits per heavy atom. The normalized spacial score (nSPS) is 11.4. The van der Waals surface area contributed by atoms with Gasteiger partial charge in [-0.2, -0.15) is 5.54 Å². The standard InChI is InChI=1S/C9H12FN3O/c10-13-9(11)12-5-4-7-2-1-3-8(14)6-7/h1-3,6,14H,4-5H2,(H3,11,12,13). The van der Waals surface area contributed by atoms with Crippen LogP contribution in [0.2, 0.25) is 0 Å². The van der Waals surface area contributed by atoms with Crippen molar-refractivity contribution in [2.45, 2.75) is 6.42 Å². The van der Waals surface area contributed by atoms with E-state index in [-0.39, 0.29) is 11.7 Å². The number of nitrogens with zero attached hydrogens (tertiary/aromatic N) is 1. The zero-order valence-electron chi connectivity index (χ0n) is 7.57. The molecule has 1 aromatic rings. The smallest absolute Gasteiger partial charge is 0.217 e. The summed E-state index contributed by atoms with van der Waals surface area (Å²) < 4.78 is 11.6. The van der Waals surface area contributed by atoms with Crippen LogP contribution in [0, 0.1) is 0 Å². The molecule has 1 rings (SSSR count). The first-order valence-electron chi connectivity index (χ1n) is 4.17. The summed E-state index contributed by atoms with van der Waals surface area (Å²) in [6.07, 6.45) is 0.608. The lowest BCUT2D eigenvalue weighted by Crippen LogP contribution is -2.24. The number of halogens is 1. The Morgan fingerprint density at radius 3 is 3.00 bits per heavy atom. The third kappa shape index (κ3) is 3.30. The summed E-state index contributed by atoms with van der Waals surface area (Å²) in [6, 6.07) is 6.82. The van der Waals surface area contributed by atoms with Crippen LogP contribution in [-0.4, -0.2) is 17.6 Å². The Bertz CT molecular complexity index is 328. The quantitative estimate of drug-likeness (QED) is 0.380. The summed E-state index contributed by atoms with van der Waals surface area (Å²) in [5.41, 5.74) is 7.25. The number of aromatic hydroxyl groups is 1. The molecule has 0 fully saturated rings. The summed E-state index contributed by atoms with van der Waals surface area (Å²) in [7, 11) is 0. The molecule has 0 aromatic heterocycles. The summed E-state index contributed by atoms with van der Waals surface area (Å²) in [4.78, 5) is 3.69. The summed E-state index contributed by atoms with van der Waals surface area (Å²) in [6.45, 7) is 0.381. The van der Waals surface area contributed by atoms with E-state index in [0.29, 0.717) is 13.0 Å². The van der Waals surface area contributed by atoms with Crippen LogP contribution in [0.5, 0.6) is 5.75 Å². The van der Waals surface area contributed by atoms with Crippen molar-refractivity contribution in [3.8, 4) is 5.75 Å². The number of nitrogens with one attached hydrogen (secondary N) is 1. The molecular formula is C9H12FN3O. The lowest BCUT2D eigenvalue weighted by atomic mass is 10.1. The van der Waals surface area contributed by atoms with Gasteiger partial charge in [0.1, 0.15) is 5.75 Å². The minimum atomic E-state index is -0.231. The molecular weight excluding hydrogens is 185 g/mol. The summed E-state index contributed by atoms with van der Waals surface area (Å²) in [5, 5.41) is 9.13. The number of rotatable bonds is 3. The highest BCUT2D eigenvalue weighted by Gasteiger charge is 1.94. The Balaban J connectivity index is 2.46. The molecule has 76 valence electrons. The summed E-state index contributed by atoms with van der Waals surface area (Å²) >= 11 is 0. The first-order valence-corrected chi connectivity index (χ1v) is 4.17. The molecule has 0 amide bonds. The van der Waals surface area contributed by atoms with Crippen LogP contribution in [0.15, 0.2) is 29.3 Å². The minimum absolute atomic E-state index is 0.211. The van der Waals surface area contributed by atoms with Gasteiger partial charge in [-0.05, 0) is 24.1 Å². The SMILES string of the molecule is NC(=NCCc1cccc(O)c1)NF. The molecule has 4 N–H and O–H groups in total. The molecule has 4 nitrogen and oxygen atoms in total. The zero-order chi connectivity index (χ0) is 10.4. The lowest BCUT2D eigenvalue weighted by molar-refractivity contribution is 0.429. The van der Waals surface area contributed by atoms with Crippen LogP contribution >= 0.6 is 0 Å². The number of nitrogens with two attached hydrogens (primary N) is 1. The van der Waals surface area contributed by atoms with Gasteiger partial charge in [0.15, 0.2) is 0 Å². The Kier molecular flexibility index (Phi) is 3.72. The summed E-state index contributed by atoms with van der Waals surface area (Å²) in [5.74, 6) is -0.0202. The Morgan fingerprint density at radius 2 is 2.36 bits per heavy atom. The van der Waals surface area contributed by atoms with Crippen LogP contribution in [0.4, 0.5) is 4.48 Å². The van der Waals surface area contributed by atoms with Crippen LogP contribution in [0.3, 0.4) is 0 Å². The zero-order valence-corrected chi connectivity index (χ0v) is 7.57. The maximum absolute atomic E-state index is 11.6. The Hall–Kier alpha value is -1.78. The number of phenols is 1. The van der Waals surface area contributed by atoms with Crippen molar-refractivity contribution in [3.05, 3.63) is 29.8 Å². The molecule has 14 heavy (non-hydrogen) atoms. The minimum Gasteiger partial charge on any atom is -0.508 e. The van der Waals surface area contributed by atoms with E-state index in [4.69, 9.17) is 10.8 Å². The van der Waals surface area contributed by atoms with Crippen molar-refractivity contribution >= 4 is 5.96 Å². The number of guanidine groups is 1. The molecule has 0 aliphatic heterocycles.